The summed E-state index contributed by atoms with van der Waals surface area (Å²) < 4.78 is 9.99. The van der Waals surface area contributed by atoms with E-state index in [-0.39, 0.29) is 11.7 Å². The molecule has 21 heavy (non-hydrogen) atoms. The van der Waals surface area contributed by atoms with Gasteiger partial charge in [0.1, 0.15) is 12.4 Å². The molecule has 0 saturated heterocycles. The van der Waals surface area contributed by atoms with E-state index >= 15 is 0 Å². The fourth-order valence-electron chi connectivity index (χ4n) is 1.39. The van der Waals surface area contributed by atoms with Gasteiger partial charge < -0.3 is 9.47 Å². The second kappa shape index (κ2) is 8.88. The van der Waals surface area contributed by atoms with Gasteiger partial charge in [-0.05, 0) is 31.3 Å². The van der Waals surface area contributed by atoms with Crippen LogP contribution >= 0.6 is 12.2 Å². The van der Waals surface area contributed by atoms with Gasteiger partial charge in [0.05, 0.1) is 12.7 Å². The summed E-state index contributed by atoms with van der Waals surface area (Å²) in [5.41, 5.74) is 5.05. The van der Waals surface area contributed by atoms with Crippen LogP contribution in [0.15, 0.2) is 24.3 Å². The molecule has 1 aromatic carbocycles. The van der Waals surface area contributed by atoms with Gasteiger partial charge in [0.2, 0.25) is 0 Å². The number of benzene rings is 1. The van der Waals surface area contributed by atoms with Gasteiger partial charge in [0, 0.05) is 6.61 Å². The Morgan fingerprint density at radius 2 is 1.95 bits per heavy atom. The summed E-state index contributed by atoms with van der Waals surface area (Å²) in [6.45, 7) is 2.12. The Labute approximate surface area is 128 Å². The molecular weight excluding hydrogens is 294 g/mol. The van der Waals surface area contributed by atoms with Gasteiger partial charge in [-0.15, -0.1) is 0 Å². The molecule has 0 aliphatic rings. The summed E-state index contributed by atoms with van der Waals surface area (Å²) in [6.07, 6.45) is 0. The van der Waals surface area contributed by atoms with E-state index in [1.807, 2.05) is 0 Å². The van der Waals surface area contributed by atoms with Gasteiger partial charge in [-0.25, -0.2) is 0 Å². The number of nitrogens with one attached hydrogen (secondary N) is 3. The molecule has 0 fully saturated rings. The van der Waals surface area contributed by atoms with E-state index in [1.165, 1.54) is 7.11 Å². The first-order chi connectivity index (χ1) is 10.1. The van der Waals surface area contributed by atoms with Crippen LogP contribution in [0.1, 0.15) is 17.3 Å². The van der Waals surface area contributed by atoms with Crippen LogP contribution in [-0.4, -0.2) is 37.3 Å². The van der Waals surface area contributed by atoms with Crippen LogP contribution in [0.2, 0.25) is 0 Å². The normalized spacial score (nSPS) is 9.62. The Morgan fingerprint density at radius 3 is 2.62 bits per heavy atom. The van der Waals surface area contributed by atoms with Gasteiger partial charge in [-0.2, -0.15) is 0 Å². The van der Waals surface area contributed by atoms with E-state index in [0.29, 0.717) is 17.9 Å². The fraction of sp³-hybridized carbons (Fsp3) is 0.308. The smallest absolute Gasteiger partial charge is 0.264 e. The maximum absolute atomic E-state index is 12.0. The van der Waals surface area contributed by atoms with Crippen LogP contribution in [0, 0.1) is 0 Å². The Bertz CT molecular complexity index is 522. The topological polar surface area (TPSA) is 88.7 Å². The molecule has 0 unspecified atom stereocenters. The standard InChI is InChI=1S/C13H17N3O4S/c1-3-20-8-11(17)15-16-13(21)14-12(18)9-6-4-5-7-10(9)19-2/h4-7H,3,8H2,1-2H3,(H,15,17)(H2,14,16,18,21). The highest BCUT2D eigenvalue weighted by atomic mass is 32.1. The average molecular weight is 311 g/mol. The maximum Gasteiger partial charge on any atom is 0.264 e. The average Bonchev–Trinajstić information content (AvgIpc) is 2.50. The molecular formula is C13H17N3O4S. The Kier molecular flexibility index (Phi) is 7.13. The van der Waals surface area contributed by atoms with Gasteiger partial charge >= 0.3 is 0 Å². The number of amides is 2. The Morgan fingerprint density at radius 1 is 1.24 bits per heavy atom. The van der Waals surface area contributed by atoms with E-state index in [1.54, 1.807) is 31.2 Å². The lowest BCUT2D eigenvalue weighted by Crippen LogP contribution is -2.49. The molecule has 3 N–H and O–H groups in total. The molecule has 7 nitrogen and oxygen atoms in total. The van der Waals surface area contributed by atoms with E-state index < -0.39 is 11.8 Å². The largest absolute Gasteiger partial charge is 0.496 e. The van der Waals surface area contributed by atoms with Crippen molar-refractivity contribution in [3.05, 3.63) is 29.8 Å². The highest BCUT2D eigenvalue weighted by molar-refractivity contribution is 7.80. The predicted octanol–water partition coefficient (Wildman–Crippen LogP) is 0.367. The van der Waals surface area contributed by atoms with Crippen molar-refractivity contribution in [1.29, 1.82) is 0 Å². The lowest BCUT2D eigenvalue weighted by molar-refractivity contribution is -0.126. The highest BCUT2D eigenvalue weighted by Crippen LogP contribution is 2.16. The molecule has 114 valence electrons. The SMILES string of the molecule is CCOCC(=O)NNC(=S)NC(=O)c1ccccc1OC. The van der Waals surface area contributed by atoms with Crippen molar-refractivity contribution in [2.24, 2.45) is 0 Å². The quantitative estimate of drug-likeness (QED) is 0.538. The lowest BCUT2D eigenvalue weighted by Gasteiger charge is -2.12. The first kappa shape index (κ1) is 16.9. The second-order valence-electron chi connectivity index (χ2n) is 3.79. The number of thiocarbonyl (C=S) groups is 1. The zero-order chi connectivity index (χ0) is 15.7. The second-order valence-corrected chi connectivity index (χ2v) is 4.20. The molecule has 0 atom stereocenters. The molecule has 0 bridgehead atoms. The summed E-state index contributed by atoms with van der Waals surface area (Å²) in [4.78, 5) is 23.3. The third-order valence-corrected chi connectivity index (χ3v) is 2.54. The summed E-state index contributed by atoms with van der Waals surface area (Å²) >= 11 is 4.90. The zero-order valence-electron chi connectivity index (χ0n) is 11.8. The molecule has 8 heteroatoms. The number of carbonyl (C=O) groups is 2. The van der Waals surface area contributed by atoms with E-state index in [2.05, 4.69) is 16.2 Å². The van der Waals surface area contributed by atoms with E-state index in [0.717, 1.165) is 0 Å². The number of para-hydroxylation sites is 1. The highest BCUT2D eigenvalue weighted by Gasteiger charge is 2.12. The molecule has 2 amide bonds. The van der Waals surface area contributed by atoms with Crippen LogP contribution in [0.25, 0.3) is 0 Å². The minimum atomic E-state index is -0.441. The summed E-state index contributed by atoms with van der Waals surface area (Å²) in [5.74, 6) is -0.409. The maximum atomic E-state index is 12.0. The van der Waals surface area contributed by atoms with Crippen LogP contribution in [0.4, 0.5) is 0 Å². The Balaban J connectivity index is 2.47. The molecule has 1 aromatic rings. The van der Waals surface area contributed by atoms with Gasteiger partial charge in [-0.1, -0.05) is 12.1 Å². The first-order valence-electron chi connectivity index (χ1n) is 6.19. The molecule has 0 heterocycles. The van der Waals surface area contributed by atoms with Crippen LogP contribution in [-0.2, 0) is 9.53 Å². The number of rotatable bonds is 5. The third-order valence-electron chi connectivity index (χ3n) is 2.33. The van der Waals surface area contributed by atoms with Crippen LogP contribution in [0.3, 0.4) is 0 Å². The van der Waals surface area contributed by atoms with Gasteiger partial charge in [0.15, 0.2) is 5.11 Å². The minimum absolute atomic E-state index is 0.0317. The number of hydrogen-bond donors (Lipinski definition) is 3. The summed E-state index contributed by atoms with van der Waals surface area (Å²) in [6, 6.07) is 6.72. The summed E-state index contributed by atoms with van der Waals surface area (Å²) in [7, 11) is 1.47. The monoisotopic (exact) mass is 311 g/mol. The third kappa shape index (κ3) is 5.76. The number of methoxy groups -OCH3 is 1. The minimum Gasteiger partial charge on any atom is -0.496 e. The van der Waals surface area contributed by atoms with Crippen molar-refractivity contribution in [2.75, 3.05) is 20.3 Å². The number of hydrogen-bond acceptors (Lipinski definition) is 5. The van der Waals surface area contributed by atoms with E-state index in [9.17, 15) is 9.59 Å². The number of ether oxygens (including phenoxy) is 2. The van der Waals surface area contributed by atoms with Crippen molar-refractivity contribution in [1.82, 2.24) is 16.2 Å². The molecule has 0 spiro atoms. The van der Waals surface area contributed by atoms with Gasteiger partial charge in [0.25, 0.3) is 11.8 Å². The summed E-state index contributed by atoms with van der Waals surface area (Å²) in [5, 5.41) is 2.40. The lowest BCUT2D eigenvalue weighted by atomic mass is 10.2. The Hall–Kier alpha value is -2.19. The van der Waals surface area contributed by atoms with Crippen molar-refractivity contribution < 1.29 is 19.1 Å². The number of carbonyl (C=O) groups excluding carboxylic acids is 2. The zero-order valence-corrected chi connectivity index (χ0v) is 12.6. The van der Waals surface area contributed by atoms with E-state index in [4.69, 9.17) is 21.7 Å². The molecule has 0 aliphatic carbocycles. The molecule has 0 aromatic heterocycles. The van der Waals surface area contributed by atoms with Gasteiger partial charge in [-0.3, -0.25) is 25.8 Å². The van der Waals surface area contributed by atoms with Crippen molar-refractivity contribution in [3.63, 3.8) is 0 Å². The first-order valence-corrected chi connectivity index (χ1v) is 6.60. The van der Waals surface area contributed by atoms with Crippen molar-refractivity contribution in [3.8, 4) is 5.75 Å². The molecule has 0 saturated carbocycles. The molecule has 1 rings (SSSR count). The van der Waals surface area contributed by atoms with Crippen molar-refractivity contribution in [2.45, 2.75) is 6.92 Å². The predicted molar refractivity (Wildman–Crippen MR) is 80.8 cm³/mol. The molecule has 0 radical (unpaired) electrons. The van der Waals surface area contributed by atoms with Crippen LogP contribution in [0.5, 0.6) is 5.75 Å². The number of hydrazine groups is 1. The molecule has 0 aliphatic heterocycles. The van der Waals surface area contributed by atoms with Crippen LogP contribution < -0.4 is 20.9 Å². The fourth-order valence-corrected chi connectivity index (χ4v) is 1.53. The van der Waals surface area contributed by atoms with Crippen molar-refractivity contribution >= 4 is 29.1 Å².